The first-order chi connectivity index (χ1) is 13.2. The predicted octanol–water partition coefficient (Wildman–Crippen LogP) is 5.89. The van der Waals surface area contributed by atoms with Crippen LogP contribution < -0.4 is 5.73 Å². The summed E-state index contributed by atoms with van der Waals surface area (Å²) >= 11 is 0. The van der Waals surface area contributed by atoms with Crippen molar-refractivity contribution in [1.29, 1.82) is 0 Å². The molecule has 0 amide bonds. The SMILES string of the molecule is CCN(CC)C(C)CCCC1(CN)C=CC(c2ccc(C(F)(F)F)cc2)=CC1. The first kappa shape index (κ1) is 22.7. The standard InChI is InChI=1S/C23H33F3N2/c1-4-28(5-2)18(3)7-6-14-22(17-27)15-12-20(13-16-22)19-8-10-21(11-9-19)23(24,25)26/h8-13,15,18H,4-7,14,16-17,27H2,1-3H3. The van der Waals surface area contributed by atoms with Crippen molar-refractivity contribution < 1.29 is 13.2 Å². The van der Waals surface area contributed by atoms with Gasteiger partial charge in [0.15, 0.2) is 0 Å². The maximum Gasteiger partial charge on any atom is 0.416 e. The lowest BCUT2D eigenvalue weighted by molar-refractivity contribution is -0.137. The molecule has 0 radical (unpaired) electrons. The van der Waals surface area contributed by atoms with Gasteiger partial charge >= 0.3 is 6.18 Å². The fraction of sp³-hybridized carbons (Fsp3) is 0.565. The zero-order valence-electron chi connectivity index (χ0n) is 17.2. The summed E-state index contributed by atoms with van der Waals surface area (Å²) in [6.07, 6.45) is 6.12. The molecule has 156 valence electrons. The van der Waals surface area contributed by atoms with Crippen molar-refractivity contribution in [2.75, 3.05) is 19.6 Å². The van der Waals surface area contributed by atoms with E-state index in [1.807, 2.05) is 6.08 Å². The Morgan fingerprint density at radius 1 is 1.14 bits per heavy atom. The van der Waals surface area contributed by atoms with Gasteiger partial charge in [-0.05, 0) is 62.5 Å². The number of hydrogen-bond donors (Lipinski definition) is 1. The molecule has 0 spiro atoms. The van der Waals surface area contributed by atoms with Gasteiger partial charge in [-0.25, -0.2) is 0 Å². The van der Waals surface area contributed by atoms with E-state index in [1.54, 1.807) is 12.1 Å². The predicted molar refractivity (Wildman–Crippen MR) is 111 cm³/mol. The second kappa shape index (κ2) is 9.75. The second-order valence-electron chi connectivity index (χ2n) is 7.80. The monoisotopic (exact) mass is 394 g/mol. The molecule has 2 nitrogen and oxygen atoms in total. The van der Waals surface area contributed by atoms with Crippen molar-refractivity contribution in [3.63, 3.8) is 0 Å². The zero-order valence-corrected chi connectivity index (χ0v) is 17.2. The summed E-state index contributed by atoms with van der Waals surface area (Å²) in [7, 11) is 0. The lowest BCUT2D eigenvalue weighted by atomic mass is 9.75. The third-order valence-electron chi connectivity index (χ3n) is 6.03. The lowest BCUT2D eigenvalue weighted by Gasteiger charge is -2.33. The maximum absolute atomic E-state index is 12.7. The van der Waals surface area contributed by atoms with Gasteiger partial charge in [0.2, 0.25) is 0 Å². The topological polar surface area (TPSA) is 29.3 Å². The fourth-order valence-corrected chi connectivity index (χ4v) is 4.00. The van der Waals surface area contributed by atoms with Crippen LogP contribution in [-0.4, -0.2) is 30.6 Å². The molecule has 0 aliphatic heterocycles. The number of rotatable bonds is 9. The van der Waals surface area contributed by atoms with Gasteiger partial charge in [-0.1, -0.05) is 50.6 Å². The third-order valence-corrected chi connectivity index (χ3v) is 6.03. The number of allylic oxidation sites excluding steroid dienone is 3. The van der Waals surface area contributed by atoms with Gasteiger partial charge in [0.1, 0.15) is 0 Å². The van der Waals surface area contributed by atoms with Crippen LogP contribution in [0.2, 0.25) is 0 Å². The van der Waals surface area contributed by atoms with Gasteiger partial charge < -0.3 is 10.6 Å². The van der Waals surface area contributed by atoms with Crippen molar-refractivity contribution >= 4 is 5.57 Å². The van der Waals surface area contributed by atoms with Gasteiger partial charge in [0.25, 0.3) is 0 Å². The van der Waals surface area contributed by atoms with Crippen molar-refractivity contribution in [1.82, 2.24) is 4.90 Å². The Balaban J connectivity index is 1.97. The second-order valence-corrected chi connectivity index (χ2v) is 7.80. The number of nitrogens with two attached hydrogens (primary N) is 1. The maximum atomic E-state index is 12.7. The highest BCUT2D eigenvalue weighted by Crippen LogP contribution is 2.37. The molecule has 0 heterocycles. The molecule has 0 saturated heterocycles. The molecule has 0 bridgehead atoms. The molecule has 5 heteroatoms. The highest BCUT2D eigenvalue weighted by Gasteiger charge is 2.30. The van der Waals surface area contributed by atoms with E-state index < -0.39 is 11.7 Å². The van der Waals surface area contributed by atoms with Crippen molar-refractivity contribution in [2.45, 2.75) is 58.7 Å². The van der Waals surface area contributed by atoms with E-state index in [2.05, 4.69) is 37.8 Å². The zero-order chi connectivity index (χ0) is 20.8. The molecule has 0 aromatic heterocycles. The van der Waals surface area contributed by atoms with Gasteiger partial charge in [0.05, 0.1) is 5.56 Å². The smallest absolute Gasteiger partial charge is 0.330 e. The van der Waals surface area contributed by atoms with E-state index in [0.717, 1.165) is 62.0 Å². The molecule has 0 saturated carbocycles. The van der Waals surface area contributed by atoms with Gasteiger partial charge in [-0.15, -0.1) is 0 Å². The van der Waals surface area contributed by atoms with Crippen LogP contribution >= 0.6 is 0 Å². The van der Waals surface area contributed by atoms with E-state index in [4.69, 9.17) is 5.73 Å². The van der Waals surface area contributed by atoms with Crippen molar-refractivity contribution in [3.05, 3.63) is 53.6 Å². The first-order valence-electron chi connectivity index (χ1n) is 10.3. The van der Waals surface area contributed by atoms with Gasteiger partial charge in [-0.3, -0.25) is 0 Å². The number of halogens is 3. The van der Waals surface area contributed by atoms with E-state index >= 15 is 0 Å². The van der Waals surface area contributed by atoms with Crippen molar-refractivity contribution in [2.24, 2.45) is 11.1 Å². The van der Waals surface area contributed by atoms with E-state index in [1.165, 1.54) is 0 Å². The number of alkyl halides is 3. The highest BCUT2D eigenvalue weighted by atomic mass is 19.4. The molecule has 28 heavy (non-hydrogen) atoms. The summed E-state index contributed by atoms with van der Waals surface area (Å²) in [6.45, 7) is 9.39. The molecule has 1 aromatic rings. The molecular weight excluding hydrogens is 361 g/mol. The molecule has 0 fully saturated rings. The molecule has 2 rings (SSSR count). The first-order valence-corrected chi connectivity index (χ1v) is 10.3. The minimum atomic E-state index is -4.30. The molecule has 2 atom stereocenters. The van der Waals surface area contributed by atoms with Crippen LogP contribution in [0.25, 0.3) is 5.57 Å². The summed E-state index contributed by atoms with van der Waals surface area (Å²) < 4.78 is 38.2. The number of nitrogens with zero attached hydrogens (tertiary/aromatic N) is 1. The lowest BCUT2D eigenvalue weighted by Crippen LogP contribution is -2.34. The summed E-state index contributed by atoms with van der Waals surface area (Å²) in [5.41, 5.74) is 7.22. The average molecular weight is 395 g/mol. The Morgan fingerprint density at radius 3 is 2.25 bits per heavy atom. The molecule has 2 N–H and O–H groups in total. The summed E-state index contributed by atoms with van der Waals surface area (Å²) in [6, 6.07) is 5.93. The molecular formula is C23H33F3N2. The summed E-state index contributed by atoms with van der Waals surface area (Å²) in [4.78, 5) is 2.47. The van der Waals surface area contributed by atoms with Crippen LogP contribution in [0, 0.1) is 5.41 Å². The van der Waals surface area contributed by atoms with Crippen LogP contribution in [0.1, 0.15) is 57.6 Å². The van der Waals surface area contributed by atoms with Crippen molar-refractivity contribution in [3.8, 4) is 0 Å². The summed E-state index contributed by atoms with van der Waals surface area (Å²) in [5.74, 6) is 0. The fourth-order valence-electron chi connectivity index (χ4n) is 4.00. The van der Waals surface area contributed by atoms with Crippen LogP contribution in [0.3, 0.4) is 0 Å². The Bertz CT molecular complexity index is 672. The van der Waals surface area contributed by atoms with Gasteiger partial charge in [-0.2, -0.15) is 13.2 Å². The van der Waals surface area contributed by atoms with Crippen LogP contribution in [0.5, 0.6) is 0 Å². The molecule has 1 aliphatic carbocycles. The number of hydrogen-bond acceptors (Lipinski definition) is 2. The normalized spacial score (nSPS) is 21.1. The molecule has 1 aliphatic rings. The van der Waals surface area contributed by atoms with E-state index in [-0.39, 0.29) is 5.41 Å². The van der Waals surface area contributed by atoms with Crippen LogP contribution in [-0.2, 0) is 6.18 Å². The highest BCUT2D eigenvalue weighted by molar-refractivity contribution is 5.75. The Morgan fingerprint density at radius 2 is 1.79 bits per heavy atom. The Hall–Kier alpha value is -1.59. The Labute approximate surface area is 167 Å². The summed E-state index contributed by atoms with van der Waals surface area (Å²) in [5, 5.41) is 0. The quantitative estimate of drug-likeness (QED) is 0.565. The Kier molecular flexibility index (Phi) is 7.90. The minimum Gasteiger partial charge on any atom is -0.330 e. The van der Waals surface area contributed by atoms with E-state index in [9.17, 15) is 13.2 Å². The van der Waals surface area contributed by atoms with E-state index in [0.29, 0.717) is 12.6 Å². The minimum absolute atomic E-state index is 0.0433. The largest absolute Gasteiger partial charge is 0.416 e. The third kappa shape index (κ3) is 5.71. The van der Waals surface area contributed by atoms with Crippen LogP contribution in [0.4, 0.5) is 13.2 Å². The van der Waals surface area contributed by atoms with Gasteiger partial charge in [0, 0.05) is 18.0 Å². The van der Waals surface area contributed by atoms with Crippen LogP contribution in [0.15, 0.2) is 42.5 Å². The molecule has 1 aromatic carbocycles. The number of benzene rings is 1. The average Bonchev–Trinajstić information content (AvgIpc) is 2.69. The molecule has 2 unspecified atom stereocenters.